The lowest BCUT2D eigenvalue weighted by molar-refractivity contribution is -0.118. The van der Waals surface area contributed by atoms with Gasteiger partial charge in [-0.05, 0) is 31.2 Å². The number of nitriles is 1. The molecule has 0 bridgehead atoms. The molecule has 198 valence electrons. The van der Waals surface area contributed by atoms with E-state index in [1.807, 2.05) is 62.4 Å². The molecule has 2 N–H and O–H groups in total. The first-order chi connectivity index (χ1) is 18.6. The molecule has 0 spiro atoms. The highest BCUT2D eigenvalue weighted by molar-refractivity contribution is 8.01. The normalized spacial score (nSPS) is 18.7. The van der Waals surface area contributed by atoms with E-state index < -0.39 is 5.92 Å². The van der Waals surface area contributed by atoms with Gasteiger partial charge in [0.1, 0.15) is 5.82 Å². The molecule has 1 atom stereocenters. The number of anilines is 1. The van der Waals surface area contributed by atoms with Crippen LogP contribution in [0.25, 0.3) is 0 Å². The third-order valence-electron chi connectivity index (χ3n) is 7.04. The highest BCUT2D eigenvalue weighted by atomic mass is 32.2. The third kappa shape index (κ3) is 5.27. The number of hydrogen-bond donors (Lipinski definition) is 1. The van der Waals surface area contributed by atoms with Gasteiger partial charge in [0.25, 0.3) is 0 Å². The molecule has 3 aromatic rings. The Morgan fingerprint density at radius 1 is 1.15 bits per heavy atom. The number of carbonyl (C=O) groups excluding carboxylic acids is 2. The molecule has 2 aliphatic rings. The first-order valence-corrected chi connectivity index (χ1v) is 14.5. The van der Waals surface area contributed by atoms with Gasteiger partial charge < -0.3 is 5.73 Å². The second-order valence-electron chi connectivity index (χ2n) is 10.8. The quantitative estimate of drug-likeness (QED) is 0.288. The Labute approximate surface area is 236 Å². The predicted molar refractivity (Wildman–Crippen MR) is 154 cm³/mol. The number of aromatic nitrogens is 2. The highest BCUT2D eigenvalue weighted by Gasteiger charge is 2.45. The van der Waals surface area contributed by atoms with Crippen molar-refractivity contribution in [3.8, 4) is 6.07 Å². The number of rotatable bonds is 6. The Balaban J connectivity index is 1.52. The Morgan fingerprint density at radius 2 is 1.90 bits per heavy atom. The number of Topliss-reactive ketones (excluding diaryl/α,β-unsaturated/α-hetero) is 2. The maximum atomic E-state index is 13.7. The lowest BCUT2D eigenvalue weighted by Gasteiger charge is -2.42. The van der Waals surface area contributed by atoms with E-state index in [1.54, 1.807) is 4.90 Å². The van der Waals surface area contributed by atoms with Crippen LogP contribution in [-0.2, 0) is 4.79 Å². The molecule has 0 amide bonds. The highest BCUT2D eigenvalue weighted by Crippen LogP contribution is 2.50. The average Bonchev–Trinajstić information content (AvgIpc) is 3.34. The maximum Gasteiger partial charge on any atom is 0.219 e. The van der Waals surface area contributed by atoms with Crippen LogP contribution in [0.15, 0.2) is 75.5 Å². The Morgan fingerprint density at radius 3 is 2.59 bits per heavy atom. The van der Waals surface area contributed by atoms with Gasteiger partial charge in [0.15, 0.2) is 15.9 Å². The molecule has 2 heterocycles. The van der Waals surface area contributed by atoms with Gasteiger partial charge in [-0.3, -0.25) is 14.5 Å². The van der Waals surface area contributed by atoms with Crippen molar-refractivity contribution >= 4 is 39.8 Å². The molecule has 0 fully saturated rings. The Hall–Kier alpha value is -3.74. The number of nitrogens with zero attached hydrogens (tertiary/aromatic N) is 4. The summed E-state index contributed by atoms with van der Waals surface area (Å²) >= 11 is 2.61. The van der Waals surface area contributed by atoms with Crippen LogP contribution in [0.2, 0.25) is 0 Å². The van der Waals surface area contributed by atoms with Gasteiger partial charge in [-0.15, -0.1) is 10.2 Å². The van der Waals surface area contributed by atoms with Gasteiger partial charge in [-0.1, -0.05) is 96.6 Å². The van der Waals surface area contributed by atoms with Crippen LogP contribution in [0.5, 0.6) is 0 Å². The Bertz CT molecular complexity index is 1580. The van der Waals surface area contributed by atoms with E-state index >= 15 is 0 Å². The number of allylic oxidation sites excluding steroid dienone is 3. The van der Waals surface area contributed by atoms with E-state index in [4.69, 9.17) is 5.73 Å². The van der Waals surface area contributed by atoms with Crippen molar-refractivity contribution in [1.29, 1.82) is 5.26 Å². The zero-order valence-electron chi connectivity index (χ0n) is 22.3. The standard InChI is InChI=1S/C30H29N5O2S2/c1-17-8-10-19(11-9-17)24(37)16-38-29-34-33-28(39-29)35-22-13-30(3,4)14-23(36)26(22)25(21(15-31)27(35)32)20-7-5-6-18(2)12-20/h5-12,25H,13-14,16,32H2,1-4H3. The number of benzene rings is 2. The molecular formula is C30H29N5O2S2. The van der Waals surface area contributed by atoms with Crippen molar-refractivity contribution in [2.75, 3.05) is 10.7 Å². The third-order valence-corrected chi connectivity index (χ3v) is 9.09. The Kier molecular flexibility index (Phi) is 7.19. The second kappa shape index (κ2) is 10.4. The molecule has 9 heteroatoms. The van der Waals surface area contributed by atoms with E-state index in [0.29, 0.717) is 39.0 Å². The number of carbonyl (C=O) groups is 2. The first kappa shape index (κ1) is 26.9. The molecule has 1 aliphatic carbocycles. The molecule has 0 radical (unpaired) electrons. The van der Waals surface area contributed by atoms with Crippen molar-refractivity contribution in [1.82, 2.24) is 10.2 Å². The van der Waals surface area contributed by atoms with Crippen molar-refractivity contribution in [3.05, 3.63) is 93.4 Å². The van der Waals surface area contributed by atoms with Gasteiger partial charge >= 0.3 is 0 Å². The summed E-state index contributed by atoms with van der Waals surface area (Å²) < 4.78 is 0.612. The van der Waals surface area contributed by atoms with Gasteiger partial charge in [-0.25, -0.2) is 0 Å². The number of ketones is 2. The smallest absolute Gasteiger partial charge is 0.219 e. The molecule has 0 saturated heterocycles. The summed E-state index contributed by atoms with van der Waals surface area (Å²) in [5.74, 6) is -0.0240. The van der Waals surface area contributed by atoms with Gasteiger partial charge in [0.05, 0.1) is 23.3 Å². The van der Waals surface area contributed by atoms with E-state index in [9.17, 15) is 14.9 Å². The van der Waals surface area contributed by atoms with Crippen molar-refractivity contribution in [2.45, 2.75) is 50.8 Å². The monoisotopic (exact) mass is 555 g/mol. The zero-order valence-corrected chi connectivity index (χ0v) is 23.9. The summed E-state index contributed by atoms with van der Waals surface area (Å²) in [5.41, 5.74) is 11.8. The summed E-state index contributed by atoms with van der Waals surface area (Å²) in [6.07, 6.45) is 0.989. The molecule has 0 saturated carbocycles. The minimum Gasteiger partial charge on any atom is -0.384 e. The minimum atomic E-state index is -0.529. The molecule has 39 heavy (non-hydrogen) atoms. The number of thioether (sulfide) groups is 1. The fraction of sp³-hybridized carbons (Fsp3) is 0.300. The van der Waals surface area contributed by atoms with Crippen LogP contribution >= 0.6 is 23.1 Å². The lowest BCUT2D eigenvalue weighted by atomic mass is 9.68. The molecule has 1 aromatic heterocycles. The summed E-state index contributed by atoms with van der Waals surface area (Å²) in [6, 6.07) is 17.7. The van der Waals surface area contributed by atoms with E-state index in [0.717, 1.165) is 22.4 Å². The van der Waals surface area contributed by atoms with E-state index in [2.05, 4.69) is 30.1 Å². The van der Waals surface area contributed by atoms with E-state index in [-0.39, 0.29) is 28.6 Å². The molecule has 2 aromatic carbocycles. The predicted octanol–water partition coefficient (Wildman–Crippen LogP) is 6.07. The second-order valence-corrected chi connectivity index (χ2v) is 13.0. The van der Waals surface area contributed by atoms with Crippen LogP contribution in [0.1, 0.15) is 59.7 Å². The molecule has 1 unspecified atom stereocenters. The fourth-order valence-electron chi connectivity index (χ4n) is 5.21. The van der Waals surface area contributed by atoms with E-state index in [1.165, 1.54) is 23.1 Å². The van der Waals surface area contributed by atoms with Crippen LogP contribution in [-0.4, -0.2) is 27.5 Å². The molecule has 5 rings (SSSR count). The van der Waals surface area contributed by atoms with Crippen molar-refractivity contribution in [2.24, 2.45) is 11.1 Å². The summed E-state index contributed by atoms with van der Waals surface area (Å²) in [6.45, 7) is 8.09. The zero-order chi connectivity index (χ0) is 27.9. The summed E-state index contributed by atoms with van der Waals surface area (Å²) in [4.78, 5) is 28.1. The first-order valence-electron chi connectivity index (χ1n) is 12.7. The summed E-state index contributed by atoms with van der Waals surface area (Å²) in [7, 11) is 0. The van der Waals surface area contributed by atoms with Crippen molar-refractivity contribution in [3.63, 3.8) is 0 Å². The lowest BCUT2D eigenvalue weighted by Crippen LogP contribution is -2.42. The number of nitrogens with two attached hydrogens (primary N) is 1. The summed E-state index contributed by atoms with van der Waals surface area (Å²) in [5, 5.41) is 19.4. The topological polar surface area (TPSA) is 113 Å². The molecule has 1 aliphatic heterocycles. The molecule has 7 nitrogen and oxygen atoms in total. The van der Waals surface area contributed by atoms with Gasteiger partial charge in [0.2, 0.25) is 5.13 Å². The average molecular weight is 556 g/mol. The molecular weight excluding hydrogens is 526 g/mol. The SMILES string of the molecule is Cc1ccc(C(=O)CSc2nnc(N3C(N)=C(C#N)C(c4cccc(C)c4)C4=C3CC(C)(C)CC4=O)s2)cc1. The maximum absolute atomic E-state index is 13.7. The minimum absolute atomic E-state index is 0.00603. The van der Waals surface area contributed by atoms with Gasteiger partial charge in [0, 0.05) is 23.3 Å². The van der Waals surface area contributed by atoms with Crippen LogP contribution in [0.3, 0.4) is 0 Å². The van der Waals surface area contributed by atoms with Gasteiger partial charge in [-0.2, -0.15) is 5.26 Å². The van der Waals surface area contributed by atoms with Crippen LogP contribution in [0.4, 0.5) is 5.13 Å². The fourth-order valence-corrected chi connectivity index (χ4v) is 6.99. The van der Waals surface area contributed by atoms with Crippen LogP contribution in [0, 0.1) is 30.6 Å². The van der Waals surface area contributed by atoms with Crippen LogP contribution < -0.4 is 10.6 Å². The number of hydrogen-bond acceptors (Lipinski definition) is 9. The number of aryl methyl sites for hydroxylation is 2. The van der Waals surface area contributed by atoms with Crippen molar-refractivity contribution < 1.29 is 9.59 Å². The largest absolute Gasteiger partial charge is 0.384 e.